The van der Waals surface area contributed by atoms with Crippen molar-refractivity contribution in [3.63, 3.8) is 0 Å². The molecule has 0 rings (SSSR count). The Labute approximate surface area is 147 Å². The summed E-state index contributed by atoms with van der Waals surface area (Å²) >= 11 is 0. The predicted molar refractivity (Wildman–Crippen MR) is 94.0 cm³/mol. The number of unbranched alkanes of at least 4 members (excludes halogenated alkanes) is 1. The summed E-state index contributed by atoms with van der Waals surface area (Å²) in [5, 5.41) is 3.08. The molecule has 1 N–H and O–H groups in total. The summed E-state index contributed by atoms with van der Waals surface area (Å²) in [5.74, 6) is 0.116. The fourth-order valence-corrected chi connectivity index (χ4v) is 3.70. The van der Waals surface area contributed by atoms with E-state index in [1.807, 2.05) is 6.92 Å². The Balaban J connectivity index is 0. The maximum Gasteiger partial charge on any atom is 0.267 e. The van der Waals surface area contributed by atoms with E-state index in [1.165, 1.54) is 0 Å². The Morgan fingerprint density at radius 1 is 0.739 bits per heavy atom. The van der Waals surface area contributed by atoms with Crippen LogP contribution in [0.1, 0.15) is 46.0 Å². The van der Waals surface area contributed by atoms with Gasteiger partial charge < -0.3 is 5.32 Å². The minimum absolute atomic E-state index is 0. The fourth-order valence-electron chi connectivity index (χ4n) is 1.58. The molecule has 0 bridgehead atoms. The van der Waals surface area contributed by atoms with Gasteiger partial charge in [-0.2, -0.15) is 16.8 Å². The Bertz CT molecular complexity index is 467. The van der Waals surface area contributed by atoms with Crippen LogP contribution in [-0.4, -0.2) is 54.6 Å². The first-order chi connectivity index (χ1) is 10.3. The predicted octanol–water partition coefficient (Wildman–Crippen LogP) is 1.68. The topological polar surface area (TPSA) is 98.8 Å². The second kappa shape index (κ2) is 14.4. The molecule has 0 radical (unpaired) electrons. The molecule has 0 saturated heterocycles. The number of nitrogens with one attached hydrogen (secondary N) is 1. The molecule has 0 atom stereocenters. The molecule has 0 aliphatic rings. The fraction of sp³-hybridized carbons (Fsp3) is 1.00. The van der Waals surface area contributed by atoms with E-state index >= 15 is 0 Å². The first kappa shape index (κ1) is 25.3. The third-order valence-corrected chi connectivity index (χ3v) is 5.47. The average molecular weight is 396 g/mol. The molecule has 0 aromatic rings. The molecule has 142 valence electrons. The van der Waals surface area contributed by atoms with Crippen LogP contribution >= 0.6 is 12.4 Å². The molecule has 0 unspecified atom stereocenters. The lowest BCUT2D eigenvalue weighted by Gasteiger charge is -2.07. The van der Waals surface area contributed by atoms with Crippen molar-refractivity contribution in [2.45, 2.75) is 46.0 Å². The van der Waals surface area contributed by atoms with Crippen LogP contribution in [0.15, 0.2) is 0 Å². The molecule has 10 heteroatoms. The quantitative estimate of drug-likeness (QED) is 0.332. The minimum atomic E-state index is -3.38. The molecular formula is C13H30ClNO6S2. The Morgan fingerprint density at radius 3 is 1.65 bits per heavy atom. The Morgan fingerprint density at radius 2 is 1.22 bits per heavy atom. The van der Waals surface area contributed by atoms with Gasteiger partial charge in [0.05, 0.1) is 24.7 Å². The normalized spacial score (nSPS) is 12.1. The van der Waals surface area contributed by atoms with E-state index < -0.39 is 20.2 Å². The third kappa shape index (κ3) is 16.7. The highest BCUT2D eigenvalue weighted by Crippen LogP contribution is 2.00. The summed E-state index contributed by atoms with van der Waals surface area (Å²) in [6.07, 6.45) is 3.14. The van der Waals surface area contributed by atoms with E-state index in [0.717, 1.165) is 6.42 Å². The first-order valence-electron chi connectivity index (χ1n) is 7.78. The van der Waals surface area contributed by atoms with Gasteiger partial charge in [0.15, 0.2) is 0 Å². The van der Waals surface area contributed by atoms with E-state index in [4.69, 9.17) is 8.37 Å². The summed E-state index contributed by atoms with van der Waals surface area (Å²) in [6.45, 7) is 5.27. The van der Waals surface area contributed by atoms with E-state index in [1.54, 1.807) is 6.92 Å². The van der Waals surface area contributed by atoms with Crippen molar-refractivity contribution in [3.05, 3.63) is 0 Å². The Kier molecular flexibility index (Phi) is 15.9. The maximum absolute atomic E-state index is 11.4. The lowest BCUT2D eigenvalue weighted by molar-refractivity contribution is 0.300. The summed E-state index contributed by atoms with van der Waals surface area (Å²) in [7, 11) is -6.75. The van der Waals surface area contributed by atoms with Crippen LogP contribution in [0.3, 0.4) is 0 Å². The second-order valence-corrected chi connectivity index (χ2v) is 8.50. The van der Waals surface area contributed by atoms with Crippen molar-refractivity contribution in [2.24, 2.45) is 0 Å². The monoisotopic (exact) mass is 395 g/mol. The SMILES string of the molecule is CCCCS(=O)(=O)OCCCNCCCOS(=O)(=O)CCC.Cl. The molecule has 23 heavy (non-hydrogen) atoms. The highest BCUT2D eigenvalue weighted by molar-refractivity contribution is 7.86. The molecule has 0 heterocycles. The van der Waals surface area contributed by atoms with Gasteiger partial charge >= 0.3 is 0 Å². The van der Waals surface area contributed by atoms with Gasteiger partial charge in [-0.25, -0.2) is 0 Å². The number of hydrogen-bond donors (Lipinski definition) is 1. The van der Waals surface area contributed by atoms with Gasteiger partial charge in [-0.15, -0.1) is 12.4 Å². The smallest absolute Gasteiger partial charge is 0.267 e. The average Bonchev–Trinajstić information content (AvgIpc) is 2.43. The lowest BCUT2D eigenvalue weighted by atomic mass is 10.4. The molecule has 0 amide bonds. The highest BCUT2D eigenvalue weighted by Gasteiger charge is 2.10. The van der Waals surface area contributed by atoms with Crippen LogP contribution in [0.5, 0.6) is 0 Å². The van der Waals surface area contributed by atoms with Gasteiger partial charge in [-0.3, -0.25) is 8.37 Å². The summed E-state index contributed by atoms with van der Waals surface area (Å²) in [6, 6.07) is 0. The van der Waals surface area contributed by atoms with Crippen molar-refractivity contribution in [2.75, 3.05) is 37.8 Å². The van der Waals surface area contributed by atoms with E-state index in [-0.39, 0.29) is 37.1 Å². The van der Waals surface area contributed by atoms with Gasteiger partial charge in [0.2, 0.25) is 0 Å². The van der Waals surface area contributed by atoms with Crippen LogP contribution in [0, 0.1) is 0 Å². The summed E-state index contributed by atoms with van der Waals surface area (Å²) in [4.78, 5) is 0. The van der Waals surface area contributed by atoms with Crippen molar-refractivity contribution in [1.82, 2.24) is 5.32 Å². The van der Waals surface area contributed by atoms with Gasteiger partial charge in [0.1, 0.15) is 0 Å². The maximum atomic E-state index is 11.4. The van der Waals surface area contributed by atoms with Gasteiger partial charge in [-0.05, 0) is 38.8 Å². The van der Waals surface area contributed by atoms with E-state index in [2.05, 4.69) is 5.32 Å². The van der Waals surface area contributed by atoms with E-state index in [9.17, 15) is 16.8 Å². The number of hydrogen-bond acceptors (Lipinski definition) is 7. The minimum Gasteiger partial charge on any atom is -0.317 e. The van der Waals surface area contributed by atoms with Crippen LogP contribution < -0.4 is 5.32 Å². The molecule has 0 spiro atoms. The second-order valence-electron chi connectivity index (χ2n) is 4.98. The zero-order valence-corrected chi connectivity index (χ0v) is 16.4. The highest BCUT2D eigenvalue weighted by atomic mass is 35.5. The molecule has 0 aromatic heterocycles. The van der Waals surface area contributed by atoms with Crippen molar-refractivity contribution in [1.29, 1.82) is 0 Å². The number of halogens is 1. The van der Waals surface area contributed by atoms with Gasteiger partial charge in [0.25, 0.3) is 20.2 Å². The molecular weight excluding hydrogens is 366 g/mol. The Hall–Kier alpha value is 0.0700. The van der Waals surface area contributed by atoms with Crippen LogP contribution in [0.25, 0.3) is 0 Å². The van der Waals surface area contributed by atoms with Gasteiger partial charge in [-0.1, -0.05) is 20.3 Å². The number of rotatable bonds is 15. The van der Waals surface area contributed by atoms with Crippen molar-refractivity contribution >= 4 is 32.6 Å². The standard InChI is InChI=1S/C13H29NO6S2.ClH/c1-3-5-13-22(17,18)20-11-7-9-14-8-6-10-19-21(15,16)12-4-2;/h14H,3-13H2,1-2H3;1H. The molecule has 0 fully saturated rings. The van der Waals surface area contributed by atoms with Crippen LogP contribution in [-0.2, 0) is 28.6 Å². The zero-order chi connectivity index (χ0) is 16.9. The van der Waals surface area contributed by atoms with Crippen LogP contribution in [0.2, 0.25) is 0 Å². The van der Waals surface area contributed by atoms with Crippen molar-refractivity contribution < 1.29 is 25.2 Å². The largest absolute Gasteiger partial charge is 0.317 e. The first-order valence-corrected chi connectivity index (χ1v) is 10.9. The molecule has 0 aliphatic heterocycles. The molecule has 0 saturated carbocycles. The third-order valence-electron chi connectivity index (χ3n) is 2.72. The molecule has 7 nitrogen and oxygen atoms in total. The molecule has 0 aliphatic carbocycles. The summed E-state index contributed by atoms with van der Waals surface area (Å²) < 4.78 is 55.0. The van der Waals surface area contributed by atoms with Gasteiger partial charge in [0, 0.05) is 0 Å². The van der Waals surface area contributed by atoms with E-state index in [0.29, 0.717) is 38.8 Å². The van der Waals surface area contributed by atoms with Crippen molar-refractivity contribution in [3.8, 4) is 0 Å². The molecule has 0 aromatic carbocycles. The summed E-state index contributed by atoms with van der Waals surface area (Å²) in [5.41, 5.74) is 0. The van der Waals surface area contributed by atoms with Crippen LogP contribution in [0.4, 0.5) is 0 Å². The lowest BCUT2D eigenvalue weighted by Crippen LogP contribution is -2.21. The zero-order valence-electron chi connectivity index (χ0n) is 14.0.